The van der Waals surface area contributed by atoms with Gasteiger partial charge in [-0.3, -0.25) is 14.8 Å². The smallest absolute Gasteiger partial charge is 0.256 e. The Hall–Kier alpha value is -3.35. The number of carbonyl (C=O) groups is 1. The van der Waals surface area contributed by atoms with E-state index in [0.717, 1.165) is 60.9 Å². The molecule has 0 unspecified atom stereocenters. The van der Waals surface area contributed by atoms with Crippen LogP contribution in [0, 0.1) is 6.92 Å². The minimum Gasteiger partial charge on any atom is -0.341 e. The number of amides is 1. The molecule has 3 aromatic heterocycles. The number of aromatic nitrogens is 4. The van der Waals surface area contributed by atoms with Gasteiger partial charge in [-0.2, -0.15) is 0 Å². The number of rotatable bonds is 5. The van der Waals surface area contributed by atoms with Crippen molar-refractivity contribution in [3.05, 3.63) is 76.6 Å². The van der Waals surface area contributed by atoms with Crippen LogP contribution in [0.25, 0.3) is 0 Å². The van der Waals surface area contributed by atoms with Crippen LogP contribution in [-0.2, 0) is 25.8 Å². The summed E-state index contributed by atoms with van der Waals surface area (Å²) in [5.41, 5.74) is 5.88. The van der Waals surface area contributed by atoms with Crippen LogP contribution in [0.15, 0.2) is 42.9 Å². The van der Waals surface area contributed by atoms with Crippen molar-refractivity contribution in [2.24, 2.45) is 0 Å². The van der Waals surface area contributed by atoms with Crippen molar-refractivity contribution in [1.82, 2.24) is 24.8 Å². The van der Waals surface area contributed by atoms with E-state index < -0.39 is 0 Å². The van der Waals surface area contributed by atoms with E-state index in [9.17, 15) is 4.79 Å². The number of aryl methyl sites for hydroxylation is 3. The van der Waals surface area contributed by atoms with Gasteiger partial charge in [0.15, 0.2) is 0 Å². The number of pyridine rings is 2. The second-order valence-corrected chi connectivity index (χ2v) is 8.56. The molecule has 0 bridgehead atoms. The molecule has 1 amide bonds. The van der Waals surface area contributed by atoms with Crippen LogP contribution in [0.4, 0.5) is 5.95 Å². The summed E-state index contributed by atoms with van der Waals surface area (Å²) in [7, 11) is 0. The van der Waals surface area contributed by atoms with E-state index in [0.29, 0.717) is 18.7 Å². The van der Waals surface area contributed by atoms with Crippen molar-refractivity contribution in [2.75, 3.05) is 24.5 Å². The van der Waals surface area contributed by atoms with Gasteiger partial charge in [-0.15, -0.1) is 0 Å². The van der Waals surface area contributed by atoms with Gasteiger partial charge in [-0.05, 0) is 56.4 Å². The fourth-order valence-electron chi connectivity index (χ4n) is 4.60. The molecule has 0 aromatic carbocycles. The third-order valence-electron chi connectivity index (χ3n) is 6.42. The monoisotopic (exact) mass is 428 g/mol. The first-order chi connectivity index (χ1) is 15.7. The summed E-state index contributed by atoms with van der Waals surface area (Å²) in [5.74, 6) is 0.883. The SMILES string of the molecule is Cc1ncccc1C(=O)N1CCc2nc(N3CCCC3)nc(CCc3cccnc3)c2C1. The van der Waals surface area contributed by atoms with Gasteiger partial charge in [0.05, 0.1) is 17.0 Å². The lowest BCUT2D eigenvalue weighted by atomic mass is 9.99. The van der Waals surface area contributed by atoms with Crippen LogP contribution in [0.5, 0.6) is 0 Å². The molecule has 2 aliphatic rings. The first kappa shape index (κ1) is 20.5. The Morgan fingerprint density at radius 1 is 1.03 bits per heavy atom. The highest BCUT2D eigenvalue weighted by Crippen LogP contribution is 2.27. The molecule has 5 heterocycles. The highest BCUT2D eigenvalue weighted by atomic mass is 16.2. The van der Waals surface area contributed by atoms with Crippen LogP contribution >= 0.6 is 0 Å². The Balaban J connectivity index is 1.44. The molecule has 5 rings (SSSR count). The van der Waals surface area contributed by atoms with Crippen LogP contribution in [0.1, 0.15) is 51.4 Å². The lowest BCUT2D eigenvalue weighted by Gasteiger charge is -2.31. The number of hydrogen-bond acceptors (Lipinski definition) is 6. The Kier molecular flexibility index (Phi) is 5.79. The molecular weight excluding hydrogens is 400 g/mol. The molecule has 1 saturated heterocycles. The van der Waals surface area contributed by atoms with Crippen molar-refractivity contribution in [2.45, 2.75) is 45.6 Å². The first-order valence-corrected chi connectivity index (χ1v) is 11.4. The summed E-state index contributed by atoms with van der Waals surface area (Å²) in [6, 6.07) is 7.75. The maximum absolute atomic E-state index is 13.2. The lowest BCUT2D eigenvalue weighted by molar-refractivity contribution is 0.0731. The predicted octanol–water partition coefficient (Wildman–Crippen LogP) is 3.16. The van der Waals surface area contributed by atoms with Crippen molar-refractivity contribution in [1.29, 1.82) is 0 Å². The number of nitrogens with zero attached hydrogens (tertiary/aromatic N) is 6. The van der Waals surface area contributed by atoms with Crippen LogP contribution in [0.3, 0.4) is 0 Å². The fraction of sp³-hybridized carbons (Fsp3) is 0.400. The third-order valence-corrected chi connectivity index (χ3v) is 6.42. The van der Waals surface area contributed by atoms with E-state index in [-0.39, 0.29) is 5.91 Å². The molecule has 0 radical (unpaired) electrons. The normalized spacial score (nSPS) is 15.7. The predicted molar refractivity (Wildman–Crippen MR) is 123 cm³/mol. The van der Waals surface area contributed by atoms with Gasteiger partial charge < -0.3 is 9.80 Å². The van der Waals surface area contributed by atoms with Gasteiger partial charge in [-0.1, -0.05) is 6.07 Å². The van der Waals surface area contributed by atoms with E-state index in [1.54, 1.807) is 12.4 Å². The van der Waals surface area contributed by atoms with Crippen LogP contribution in [-0.4, -0.2) is 50.4 Å². The lowest BCUT2D eigenvalue weighted by Crippen LogP contribution is -2.38. The molecule has 0 saturated carbocycles. The fourth-order valence-corrected chi connectivity index (χ4v) is 4.60. The molecule has 7 heteroatoms. The van der Waals surface area contributed by atoms with Crippen molar-refractivity contribution in [3.8, 4) is 0 Å². The van der Waals surface area contributed by atoms with E-state index >= 15 is 0 Å². The second-order valence-electron chi connectivity index (χ2n) is 8.56. The summed E-state index contributed by atoms with van der Waals surface area (Å²) in [6.45, 7) is 5.14. The summed E-state index contributed by atoms with van der Waals surface area (Å²) >= 11 is 0. The zero-order chi connectivity index (χ0) is 21.9. The van der Waals surface area contributed by atoms with E-state index in [2.05, 4.69) is 20.9 Å². The van der Waals surface area contributed by atoms with Crippen molar-refractivity contribution < 1.29 is 4.79 Å². The number of carbonyl (C=O) groups excluding carboxylic acids is 1. The highest BCUT2D eigenvalue weighted by Gasteiger charge is 2.28. The standard InChI is InChI=1S/C25H28N6O/c1-18-20(7-5-12-27-18)24(32)31-15-10-23-21(17-31)22(9-8-19-6-4-11-26-16-19)28-25(29-23)30-13-2-3-14-30/h4-7,11-12,16H,2-3,8-10,13-15,17H2,1H3. The third kappa shape index (κ3) is 4.20. The van der Waals surface area contributed by atoms with Gasteiger partial charge >= 0.3 is 0 Å². The van der Waals surface area contributed by atoms with E-state index in [1.807, 2.05) is 36.2 Å². The largest absolute Gasteiger partial charge is 0.341 e. The zero-order valence-electron chi connectivity index (χ0n) is 18.5. The van der Waals surface area contributed by atoms with Gasteiger partial charge in [0.2, 0.25) is 5.95 Å². The zero-order valence-corrected chi connectivity index (χ0v) is 18.5. The van der Waals surface area contributed by atoms with Gasteiger partial charge in [-0.25, -0.2) is 9.97 Å². The topological polar surface area (TPSA) is 75.1 Å². The van der Waals surface area contributed by atoms with Crippen molar-refractivity contribution in [3.63, 3.8) is 0 Å². The molecule has 0 spiro atoms. The average Bonchev–Trinajstić information content (AvgIpc) is 3.38. The average molecular weight is 429 g/mol. The molecule has 0 N–H and O–H groups in total. The Morgan fingerprint density at radius 3 is 2.66 bits per heavy atom. The maximum atomic E-state index is 13.2. The highest BCUT2D eigenvalue weighted by molar-refractivity contribution is 5.95. The Bertz CT molecular complexity index is 1110. The summed E-state index contributed by atoms with van der Waals surface area (Å²) in [6.07, 6.45) is 10.3. The van der Waals surface area contributed by atoms with Crippen LogP contribution in [0.2, 0.25) is 0 Å². The molecular formula is C25H28N6O. The molecule has 7 nitrogen and oxygen atoms in total. The first-order valence-electron chi connectivity index (χ1n) is 11.4. The maximum Gasteiger partial charge on any atom is 0.256 e. The minimum atomic E-state index is 0.0306. The molecule has 32 heavy (non-hydrogen) atoms. The van der Waals surface area contributed by atoms with Crippen LogP contribution < -0.4 is 4.90 Å². The van der Waals surface area contributed by atoms with Gasteiger partial charge in [0, 0.05) is 62.4 Å². The summed E-state index contributed by atoms with van der Waals surface area (Å²) in [5, 5.41) is 0. The number of hydrogen-bond donors (Lipinski definition) is 0. The quantitative estimate of drug-likeness (QED) is 0.621. The van der Waals surface area contributed by atoms with E-state index in [1.165, 1.54) is 18.4 Å². The summed E-state index contributed by atoms with van der Waals surface area (Å²) in [4.78, 5) is 35.9. The Labute approximate surface area is 188 Å². The molecule has 3 aromatic rings. The molecule has 0 aliphatic carbocycles. The van der Waals surface area contributed by atoms with Gasteiger partial charge in [0.1, 0.15) is 0 Å². The molecule has 0 atom stereocenters. The molecule has 164 valence electrons. The van der Waals surface area contributed by atoms with Crippen molar-refractivity contribution >= 4 is 11.9 Å². The Morgan fingerprint density at radius 2 is 1.88 bits per heavy atom. The minimum absolute atomic E-state index is 0.0306. The molecule has 1 fully saturated rings. The number of anilines is 1. The second kappa shape index (κ2) is 9.02. The van der Waals surface area contributed by atoms with E-state index in [4.69, 9.17) is 9.97 Å². The van der Waals surface area contributed by atoms with Gasteiger partial charge in [0.25, 0.3) is 5.91 Å². The number of fused-ring (bicyclic) bond motifs is 1. The molecule has 2 aliphatic heterocycles. The summed E-state index contributed by atoms with van der Waals surface area (Å²) < 4.78 is 0.